The summed E-state index contributed by atoms with van der Waals surface area (Å²) in [5.74, 6) is -1.13. The Morgan fingerprint density at radius 1 is 1.30 bits per heavy atom. The Labute approximate surface area is 116 Å². The smallest absolute Gasteiger partial charge is 0.271 e. The normalized spacial score (nSPS) is 9.85. The van der Waals surface area contributed by atoms with Crippen LogP contribution in [0.15, 0.2) is 34.6 Å². The Balaban J connectivity index is 2.78. The number of nitrogens with zero attached hydrogens (tertiary/aromatic N) is 4. The third-order valence-corrected chi connectivity index (χ3v) is 2.04. The maximum atomic E-state index is 11.9. The largest absolute Gasteiger partial charge is 0.285 e. The molecule has 0 heterocycles. The summed E-state index contributed by atoms with van der Waals surface area (Å²) in [5.41, 5.74) is 4.97. The number of rotatable bonds is 4. The van der Waals surface area contributed by atoms with Crippen LogP contribution >= 0.6 is 0 Å². The van der Waals surface area contributed by atoms with Crippen molar-refractivity contribution in [1.29, 1.82) is 5.26 Å². The van der Waals surface area contributed by atoms with Gasteiger partial charge in [0.05, 0.1) is 11.6 Å². The zero-order chi connectivity index (χ0) is 15.0. The molecule has 0 spiro atoms. The molecule has 1 aromatic carbocycles. The van der Waals surface area contributed by atoms with Crippen LogP contribution in [0.5, 0.6) is 0 Å². The van der Waals surface area contributed by atoms with E-state index in [2.05, 4.69) is 21.2 Å². The number of hydrogen-bond donors (Lipinski definition) is 2. The molecule has 1 aromatic rings. The minimum Gasteiger partial charge on any atom is -0.285 e. The highest BCUT2D eigenvalue weighted by Gasteiger charge is 2.11. The van der Waals surface area contributed by atoms with Gasteiger partial charge in [-0.15, -0.1) is 5.11 Å². The molecule has 0 aromatic heterocycles. The van der Waals surface area contributed by atoms with E-state index in [1.54, 1.807) is 44.4 Å². The van der Waals surface area contributed by atoms with Crippen molar-refractivity contribution in [2.75, 3.05) is 14.1 Å². The summed E-state index contributed by atoms with van der Waals surface area (Å²) in [6, 6.07) is 8.23. The van der Waals surface area contributed by atoms with Crippen molar-refractivity contribution in [3.05, 3.63) is 29.8 Å². The van der Waals surface area contributed by atoms with Gasteiger partial charge in [0.15, 0.2) is 0 Å². The van der Waals surface area contributed by atoms with Gasteiger partial charge in [-0.25, -0.2) is 0 Å². The van der Waals surface area contributed by atoms with Crippen molar-refractivity contribution in [3.63, 3.8) is 0 Å². The van der Waals surface area contributed by atoms with E-state index in [4.69, 9.17) is 5.26 Å². The first-order valence-corrected chi connectivity index (χ1v) is 5.68. The van der Waals surface area contributed by atoms with Crippen LogP contribution in [-0.2, 0) is 4.79 Å². The van der Waals surface area contributed by atoms with Crippen molar-refractivity contribution in [2.24, 2.45) is 10.3 Å². The van der Waals surface area contributed by atoms with Crippen molar-refractivity contribution >= 4 is 17.5 Å². The molecule has 1 rings (SSSR count). The fraction of sp³-hybridized carbons (Fsp3) is 0.250. The van der Waals surface area contributed by atoms with Crippen LogP contribution in [0.3, 0.4) is 0 Å². The molecule has 0 fully saturated rings. The molecule has 0 saturated heterocycles. The third-order valence-electron chi connectivity index (χ3n) is 2.04. The fourth-order valence-corrected chi connectivity index (χ4v) is 1.20. The zero-order valence-electron chi connectivity index (χ0n) is 11.1. The van der Waals surface area contributed by atoms with Crippen LogP contribution < -0.4 is 10.9 Å². The molecule has 8 heteroatoms. The van der Waals surface area contributed by atoms with Crippen molar-refractivity contribution in [3.8, 4) is 6.07 Å². The molecule has 0 aliphatic heterocycles. The van der Waals surface area contributed by atoms with Gasteiger partial charge in [0, 0.05) is 14.1 Å². The number of nitrogens with one attached hydrogen (secondary N) is 2. The number of nitriles is 1. The topological polar surface area (TPSA) is 110 Å². The molecule has 8 nitrogen and oxygen atoms in total. The van der Waals surface area contributed by atoms with Crippen molar-refractivity contribution in [1.82, 2.24) is 15.9 Å². The number of amides is 2. The molecule has 20 heavy (non-hydrogen) atoms. The molecular formula is C12H14N6O2. The van der Waals surface area contributed by atoms with Gasteiger partial charge >= 0.3 is 0 Å². The van der Waals surface area contributed by atoms with Crippen molar-refractivity contribution < 1.29 is 9.59 Å². The van der Waals surface area contributed by atoms with Crippen LogP contribution in [0.2, 0.25) is 0 Å². The number of benzene rings is 1. The second kappa shape index (κ2) is 7.48. The standard InChI is InChI=1S/C12H14N6O2/c1-18(2)17-14-10-6-4-3-5-9(10)12(20)16-15-11(19)7-8-13/h3-6H,7H2,1-2H3,(H,15,19)(H,16,20). The van der Waals surface area contributed by atoms with E-state index in [9.17, 15) is 9.59 Å². The lowest BCUT2D eigenvalue weighted by atomic mass is 10.2. The molecule has 104 valence electrons. The molecular weight excluding hydrogens is 260 g/mol. The van der Waals surface area contributed by atoms with Gasteiger partial charge in [0.2, 0.25) is 0 Å². The minimum atomic E-state index is -0.590. The highest BCUT2D eigenvalue weighted by atomic mass is 16.2. The number of carbonyl (C=O) groups is 2. The Morgan fingerprint density at radius 2 is 2.00 bits per heavy atom. The van der Waals surface area contributed by atoms with Crippen molar-refractivity contribution in [2.45, 2.75) is 6.42 Å². The Hall–Kier alpha value is -2.95. The van der Waals surface area contributed by atoms with E-state index >= 15 is 0 Å². The van der Waals surface area contributed by atoms with E-state index in [1.165, 1.54) is 5.01 Å². The van der Waals surface area contributed by atoms with E-state index in [0.717, 1.165) is 0 Å². The molecule has 2 amide bonds. The van der Waals surface area contributed by atoms with E-state index in [0.29, 0.717) is 5.69 Å². The molecule has 0 saturated carbocycles. The summed E-state index contributed by atoms with van der Waals surface area (Å²) in [6.07, 6.45) is -0.331. The lowest BCUT2D eigenvalue weighted by Crippen LogP contribution is -2.41. The zero-order valence-corrected chi connectivity index (χ0v) is 11.1. The molecule has 0 aliphatic rings. The van der Waals surface area contributed by atoms with Crippen LogP contribution in [0.25, 0.3) is 0 Å². The van der Waals surface area contributed by atoms with Gasteiger partial charge in [-0.2, -0.15) is 5.26 Å². The second-order valence-electron chi connectivity index (χ2n) is 3.89. The highest BCUT2D eigenvalue weighted by Crippen LogP contribution is 2.18. The van der Waals surface area contributed by atoms with Gasteiger partial charge in [0.1, 0.15) is 12.1 Å². The summed E-state index contributed by atoms with van der Waals surface area (Å²) in [7, 11) is 3.41. The molecule has 0 unspecified atom stereocenters. The van der Waals surface area contributed by atoms with Gasteiger partial charge in [-0.1, -0.05) is 17.4 Å². The number of hydrogen-bond acceptors (Lipinski definition) is 5. The average molecular weight is 274 g/mol. The summed E-state index contributed by atoms with van der Waals surface area (Å²) in [6.45, 7) is 0. The average Bonchev–Trinajstić information content (AvgIpc) is 2.43. The minimum absolute atomic E-state index is 0.260. The molecule has 0 aliphatic carbocycles. The van der Waals surface area contributed by atoms with E-state index in [-0.39, 0.29) is 12.0 Å². The first-order chi connectivity index (χ1) is 9.54. The maximum Gasteiger partial charge on any atom is 0.271 e. The van der Waals surface area contributed by atoms with Crippen LogP contribution in [-0.4, -0.2) is 30.9 Å². The summed E-state index contributed by atoms with van der Waals surface area (Å²) < 4.78 is 0. The number of hydrazine groups is 1. The monoisotopic (exact) mass is 274 g/mol. The Kier molecular flexibility index (Phi) is 5.65. The quantitative estimate of drug-likeness (QED) is 0.628. The first kappa shape index (κ1) is 15.1. The lowest BCUT2D eigenvalue weighted by molar-refractivity contribution is -0.120. The highest BCUT2D eigenvalue weighted by molar-refractivity contribution is 5.99. The third kappa shape index (κ3) is 4.73. The van der Waals surface area contributed by atoms with Gasteiger partial charge in [-0.05, 0) is 12.1 Å². The van der Waals surface area contributed by atoms with Crippen LogP contribution in [0.1, 0.15) is 16.8 Å². The lowest BCUT2D eigenvalue weighted by Gasteiger charge is -2.08. The molecule has 0 radical (unpaired) electrons. The molecule has 2 N–H and O–H groups in total. The summed E-state index contributed by atoms with van der Waals surface area (Å²) in [5, 5.41) is 17.5. The fourth-order valence-electron chi connectivity index (χ4n) is 1.20. The molecule has 0 bridgehead atoms. The predicted molar refractivity (Wildman–Crippen MR) is 70.5 cm³/mol. The SMILES string of the molecule is CN(C)N=Nc1ccccc1C(=O)NNC(=O)CC#N. The van der Waals surface area contributed by atoms with E-state index in [1.807, 2.05) is 0 Å². The summed E-state index contributed by atoms with van der Waals surface area (Å²) in [4.78, 5) is 23.0. The second-order valence-corrected chi connectivity index (χ2v) is 3.89. The first-order valence-electron chi connectivity index (χ1n) is 5.68. The Bertz CT molecular complexity index is 561. The van der Waals surface area contributed by atoms with Gasteiger partial charge < -0.3 is 0 Å². The van der Waals surface area contributed by atoms with Crippen LogP contribution in [0.4, 0.5) is 5.69 Å². The van der Waals surface area contributed by atoms with Gasteiger partial charge in [0.25, 0.3) is 11.8 Å². The van der Waals surface area contributed by atoms with Gasteiger partial charge in [-0.3, -0.25) is 25.4 Å². The summed E-state index contributed by atoms with van der Waals surface area (Å²) >= 11 is 0. The van der Waals surface area contributed by atoms with Crippen LogP contribution in [0, 0.1) is 11.3 Å². The molecule has 0 atom stereocenters. The predicted octanol–water partition coefficient (Wildman–Crippen LogP) is 0.922. The van der Waals surface area contributed by atoms with E-state index < -0.39 is 11.8 Å². The number of carbonyl (C=O) groups excluding carboxylic acids is 2. The Morgan fingerprint density at radius 3 is 2.65 bits per heavy atom. The maximum absolute atomic E-state index is 11.9.